The first kappa shape index (κ1) is 11.4. The molecule has 0 aliphatic rings. The van der Waals surface area contributed by atoms with Gasteiger partial charge in [0.05, 0.1) is 12.2 Å². The van der Waals surface area contributed by atoms with Gasteiger partial charge in [-0.2, -0.15) is 5.10 Å². The van der Waals surface area contributed by atoms with Gasteiger partial charge >= 0.3 is 5.69 Å². The van der Waals surface area contributed by atoms with Gasteiger partial charge in [0.15, 0.2) is 0 Å². The van der Waals surface area contributed by atoms with Crippen molar-refractivity contribution in [1.29, 1.82) is 0 Å². The van der Waals surface area contributed by atoms with E-state index >= 15 is 0 Å². The van der Waals surface area contributed by atoms with E-state index in [1.165, 1.54) is 6.20 Å². The normalized spacial score (nSPS) is 10.5. The summed E-state index contributed by atoms with van der Waals surface area (Å²) in [6.07, 6.45) is 3.22. The van der Waals surface area contributed by atoms with Crippen LogP contribution in [0.5, 0.6) is 0 Å². The Bertz CT molecular complexity index is 584. The van der Waals surface area contributed by atoms with Crippen LogP contribution in [0.2, 0.25) is 0 Å². The maximum Gasteiger partial charge on any atom is 0.347 e. The molecule has 0 aromatic carbocycles. The number of nitrogens with one attached hydrogen (secondary N) is 1. The SMILES string of the molecule is CNc1c(Cn2cccnc2=O)c(C)nn1C. The number of rotatable bonds is 3. The highest BCUT2D eigenvalue weighted by Gasteiger charge is 2.12. The molecule has 0 fully saturated rings. The number of nitrogens with zero attached hydrogens (tertiary/aromatic N) is 4. The Balaban J connectivity index is 2.43. The Morgan fingerprint density at radius 3 is 2.88 bits per heavy atom. The monoisotopic (exact) mass is 233 g/mol. The lowest BCUT2D eigenvalue weighted by Gasteiger charge is -2.07. The zero-order valence-electron chi connectivity index (χ0n) is 10.1. The van der Waals surface area contributed by atoms with E-state index in [0.717, 1.165) is 17.1 Å². The lowest BCUT2D eigenvalue weighted by Crippen LogP contribution is -2.22. The Labute approximate surface area is 98.9 Å². The fourth-order valence-electron chi connectivity index (χ4n) is 1.88. The molecule has 0 saturated carbocycles. The van der Waals surface area contributed by atoms with Crippen LogP contribution in [0.25, 0.3) is 0 Å². The van der Waals surface area contributed by atoms with E-state index in [9.17, 15) is 4.79 Å². The molecule has 0 bridgehead atoms. The molecule has 6 nitrogen and oxygen atoms in total. The summed E-state index contributed by atoms with van der Waals surface area (Å²) in [6, 6.07) is 1.74. The lowest BCUT2D eigenvalue weighted by molar-refractivity contribution is 0.724. The Morgan fingerprint density at radius 2 is 2.24 bits per heavy atom. The standard InChI is InChI=1S/C11H15N5O/c1-8-9(10(12-2)15(3)14-8)7-16-6-4-5-13-11(16)17/h4-6,12H,7H2,1-3H3. The number of anilines is 1. The second-order valence-electron chi connectivity index (χ2n) is 3.82. The van der Waals surface area contributed by atoms with Crippen molar-refractivity contribution in [3.63, 3.8) is 0 Å². The first-order valence-corrected chi connectivity index (χ1v) is 5.35. The third kappa shape index (κ3) is 2.06. The number of aryl methyl sites for hydroxylation is 2. The molecule has 0 amide bonds. The molecule has 2 aromatic heterocycles. The van der Waals surface area contributed by atoms with Gasteiger partial charge in [-0.25, -0.2) is 9.78 Å². The van der Waals surface area contributed by atoms with Crippen LogP contribution in [0.15, 0.2) is 23.3 Å². The van der Waals surface area contributed by atoms with Gasteiger partial charge in [0.1, 0.15) is 5.82 Å². The van der Waals surface area contributed by atoms with Gasteiger partial charge < -0.3 is 5.32 Å². The number of aromatic nitrogens is 4. The van der Waals surface area contributed by atoms with Crippen molar-refractivity contribution in [3.05, 3.63) is 40.2 Å². The van der Waals surface area contributed by atoms with Crippen LogP contribution < -0.4 is 11.0 Å². The molecular formula is C11H15N5O. The Hall–Kier alpha value is -2.11. The molecule has 2 heterocycles. The van der Waals surface area contributed by atoms with E-state index in [1.807, 2.05) is 21.0 Å². The molecule has 2 aromatic rings. The Kier molecular flexibility index (Phi) is 2.95. The summed E-state index contributed by atoms with van der Waals surface area (Å²) in [5, 5.41) is 7.42. The van der Waals surface area contributed by atoms with Gasteiger partial charge in [-0.15, -0.1) is 0 Å². The predicted octanol–water partition coefficient (Wildman–Crippen LogP) is 0.375. The molecule has 1 N–H and O–H groups in total. The van der Waals surface area contributed by atoms with Gasteiger partial charge in [0.25, 0.3) is 0 Å². The third-order valence-electron chi connectivity index (χ3n) is 2.69. The van der Waals surface area contributed by atoms with Crippen LogP contribution in [0.3, 0.4) is 0 Å². The lowest BCUT2D eigenvalue weighted by atomic mass is 10.2. The summed E-state index contributed by atoms with van der Waals surface area (Å²) < 4.78 is 3.33. The van der Waals surface area contributed by atoms with Crippen molar-refractivity contribution < 1.29 is 0 Å². The summed E-state index contributed by atoms with van der Waals surface area (Å²) in [5.41, 5.74) is 1.66. The predicted molar refractivity (Wildman–Crippen MR) is 65.1 cm³/mol. The van der Waals surface area contributed by atoms with Crippen molar-refractivity contribution in [1.82, 2.24) is 19.3 Å². The number of hydrogen-bond donors (Lipinski definition) is 1. The van der Waals surface area contributed by atoms with E-state index in [1.54, 1.807) is 21.5 Å². The third-order valence-corrected chi connectivity index (χ3v) is 2.69. The molecule has 0 aliphatic heterocycles. The second kappa shape index (κ2) is 4.40. The summed E-state index contributed by atoms with van der Waals surface area (Å²) in [5.74, 6) is 0.915. The van der Waals surface area contributed by atoms with Crippen LogP contribution in [0.1, 0.15) is 11.3 Å². The van der Waals surface area contributed by atoms with E-state index in [2.05, 4.69) is 15.4 Å². The zero-order chi connectivity index (χ0) is 12.4. The van der Waals surface area contributed by atoms with Gasteiger partial charge in [0, 0.05) is 32.1 Å². The van der Waals surface area contributed by atoms with Gasteiger partial charge in [-0.05, 0) is 13.0 Å². The summed E-state index contributed by atoms with van der Waals surface area (Å²) >= 11 is 0. The van der Waals surface area contributed by atoms with Gasteiger partial charge in [-0.1, -0.05) is 0 Å². The summed E-state index contributed by atoms with van der Waals surface area (Å²) in [6.45, 7) is 2.40. The maximum absolute atomic E-state index is 11.5. The average molecular weight is 233 g/mol. The van der Waals surface area contributed by atoms with Gasteiger partial charge in [0.2, 0.25) is 0 Å². The van der Waals surface area contributed by atoms with E-state index in [0.29, 0.717) is 6.54 Å². The van der Waals surface area contributed by atoms with Crippen LogP contribution in [-0.4, -0.2) is 26.4 Å². The van der Waals surface area contributed by atoms with Crippen LogP contribution in [-0.2, 0) is 13.6 Å². The smallest absolute Gasteiger partial charge is 0.347 e. The van der Waals surface area contributed by atoms with Crippen LogP contribution >= 0.6 is 0 Å². The van der Waals surface area contributed by atoms with Crippen LogP contribution in [0.4, 0.5) is 5.82 Å². The van der Waals surface area contributed by atoms with E-state index in [-0.39, 0.29) is 5.69 Å². The van der Waals surface area contributed by atoms with Crippen molar-refractivity contribution in [3.8, 4) is 0 Å². The minimum atomic E-state index is -0.252. The zero-order valence-corrected chi connectivity index (χ0v) is 10.1. The maximum atomic E-state index is 11.5. The highest BCUT2D eigenvalue weighted by atomic mass is 16.1. The molecule has 0 radical (unpaired) electrons. The van der Waals surface area contributed by atoms with E-state index in [4.69, 9.17) is 0 Å². The van der Waals surface area contributed by atoms with Crippen molar-refractivity contribution >= 4 is 5.82 Å². The molecule has 2 rings (SSSR count). The first-order chi connectivity index (χ1) is 8.13. The molecule has 0 saturated heterocycles. The molecule has 17 heavy (non-hydrogen) atoms. The fourth-order valence-corrected chi connectivity index (χ4v) is 1.88. The number of hydrogen-bond acceptors (Lipinski definition) is 4. The quantitative estimate of drug-likeness (QED) is 0.832. The first-order valence-electron chi connectivity index (χ1n) is 5.35. The van der Waals surface area contributed by atoms with Crippen molar-refractivity contribution in [2.24, 2.45) is 7.05 Å². The molecule has 0 spiro atoms. The topological polar surface area (TPSA) is 64.7 Å². The van der Waals surface area contributed by atoms with E-state index < -0.39 is 0 Å². The summed E-state index contributed by atoms with van der Waals surface area (Å²) in [4.78, 5) is 15.3. The Morgan fingerprint density at radius 1 is 1.47 bits per heavy atom. The second-order valence-corrected chi connectivity index (χ2v) is 3.82. The highest BCUT2D eigenvalue weighted by molar-refractivity contribution is 5.47. The fraction of sp³-hybridized carbons (Fsp3) is 0.364. The van der Waals surface area contributed by atoms with Gasteiger partial charge in [-0.3, -0.25) is 9.25 Å². The summed E-state index contributed by atoms with van der Waals surface area (Å²) in [7, 11) is 3.71. The molecule has 90 valence electrons. The molecule has 0 aliphatic carbocycles. The minimum Gasteiger partial charge on any atom is -0.373 e. The molecular weight excluding hydrogens is 218 g/mol. The van der Waals surface area contributed by atoms with Crippen molar-refractivity contribution in [2.75, 3.05) is 12.4 Å². The molecule has 0 unspecified atom stereocenters. The molecule has 6 heteroatoms. The largest absolute Gasteiger partial charge is 0.373 e. The molecule has 0 atom stereocenters. The van der Waals surface area contributed by atoms with Crippen molar-refractivity contribution in [2.45, 2.75) is 13.5 Å². The van der Waals surface area contributed by atoms with Crippen LogP contribution in [0, 0.1) is 6.92 Å². The minimum absolute atomic E-state index is 0.252. The highest BCUT2D eigenvalue weighted by Crippen LogP contribution is 2.18. The average Bonchev–Trinajstić information content (AvgIpc) is 2.56.